The molecule has 1 aliphatic rings. The summed E-state index contributed by atoms with van der Waals surface area (Å²) in [6.45, 7) is 2.21. The van der Waals surface area contributed by atoms with Crippen molar-refractivity contribution in [3.63, 3.8) is 0 Å². The number of para-hydroxylation sites is 1. The Labute approximate surface area is 191 Å². The highest BCUT2D eigenvalue weighted by Gasteiger charge is 2.23. The molecule has 0 radical (unpaired) electrons. The monoisotopic (exact) mass is 432 g/mol. The SMILES string of the molecule is CC1=C(c2ccc(Oc3ccccc3)cc2P(c2ccccc2)c2ccccc2)CC=C1. The highest BCUT2D eigenvalue weighted by molar-refractivity contribution is 7.80. The summed E-state index contributed by atoms with van der Waals surface area (Å²) in [4.78, 5) is 0. The fourth-order valence-corrected chi connectivity index (χ4v) is 6.66. The average molecular weight is 433 g/mol. The first-order valence-corrected chi connectivity index (χ1v) is 12.3. The van der Waals surface area contributed by atoms with Crippen molar-refractivity contribution in [1.29, 1.82) is 0 Å². The molecule has 0 spiro atoms. The fraction of sp³-hybridized carbons (Fsp3) is 0.0667. The summed E-state index contributed by atoms with van der Waals surface area (Å²) in [6.07, 6.45) is 5.47. The number of hydrogen-bond donors (Lipinski definition) is 0. The normalized spacial score (nSPS) is 13.1. The van der Waals surface area contributed by atoms with Crippen LogP contribution in [0.1, 0.15) is 18.9 Å². The molecule has 1 nitrogen and oxygen atoms in total. The molecule has 0 unspecified atom stereocenters. The van der Waals surface area contributed by atoms with E-state index < -0.39 is 7.92 Å². The molecule has 0 N–H and O–H groups in total. The third-order valence-corrected chi connectivity index (χ3v) is 8.19. The van der Waals surface area contributed by atoms with Gasteiger partial charge in [0.2, 0.25) is 0 Å². The van der Waals surface area contributed by atoms with Crippen molar-refractivity contribution in [2.24, 2.45) is 0 Å². The number of benzene rings is 4. The van der Waals surface area contributed by atoms with Crippen LogP contribution in [0.3, 0.4) is 0 Å². The van der Waals surface area contributed by atoms with Gasteiger partial charge in [-0.15, -0.1) is 0 Å². The smallest absolute Gasteiger partial charge is 0.128 e. The molecule has 0 amide bonds. The van der Waals surface area contributed by atoms with Gasteiger partial charge in [0, 0.05) is 0 Å². The van der Waals surface area contributed by atoms with E-state index in [9.17, 15) is 0 Å². The minimum Gasteiger partial charge on any atom is -0.457 e. The molecule has 0 bridgehead atoms. The van der Waals surface area contributed by atoms with E-state index >= 15 is 0 Å². The van der Waals surface area contributed by atoms with Crippen molar-refractivity contribution in [3.05, 3.63) is 132 Å². The van der Waals surface area contributed by atoms with Gasteiger partial charge < -0.3 is 4.74 Å². The lowest BCUT2D eigenvalue weighted by atomic mass is 10.0. The zero-order valence-corrected chi connectivity index (χ0v) is 19.0. The Morgan fingerprint density at radius 2 is 1.25 bits per heavy atom. The molecule has 32 heavy (non-hydrogen) atoms. The summed E-state index contributed by atoms with van der Waals surface area (Å²) in [5.41, 5.74) is 4.08. The quantitative estimate of drug-likeness (QED) is 0.299. The van der Waals surface area contributed by atoms with E-state index in [1.807, 2.05) is 30.3 Å². The van der Waals surface area contributed by atoms with Crippen molar-refractivity contribution < 1.29 is 4.74 Å². The average Bonchev–Trinajstić information content (AvgIpc) is 3.27. The van der Waals surface area contributed by atoms with E-state index in [0.717, 1.165) is 17.9 Å². The van der Waals surface area contributed by atoms with Gasteiger partial charge in [0.25, 0.3) is 0 Å². The molecule has 0 heterocycles. The van der Waals surface area contributed by atoms with E-state index in [1.54, 1.807) is 0 Å². The van der Waals surface area contributed by atoms with Crippen LogP contribution in [0.4, 0.5) is 0 Å². The van der Waals surface area contributed by atoms with Crippen LogP contribution in [0.2, 0.25) is 0 Å². The Morgan fingerprint density at radius 1 is 0.656 bits per heavy atom. The molecule has 2 heteroatoms. The summed E-state index contributed by atoms with van der Waals surface area (Å²) < 4.78 is 6.26. The summed E-state index contributed by atoms with van der Waals surface area (Å²) in [7, 11) is -0.735. The van der Waals surface area contributed by atoms with E-state index in [2.05, 4.69) is 97.9 Å². The Balaban J connectivity index is 1.69. The minimum absolute atomic E-state index is 0.735. The van der Waals surface area contributed by atoms with Crippen LogP contribution in [0.5, 0.6) is 11.5 Å². The van der Waals surface area contributed by atoms with E-state index in [-0.39, 0.29) is 0 Å². The van der Waals surface area contributed by atoms with E-state index in [1.165, 1.54) is 32.6 Å². The largest absolute Gasteiger partial charge is 0.457 e. The first-order chi connectivity index (χ1) is 15.8. The molecule has 0 aliphatic heterocycles. The Kier molecular flexibility index (Phi) is 6.01. The summed E-state index contributed by atoms with van der Waals surface area (Å²) in [5, 5.41) is 4.02. The van der Waals surface area contributed by atoms with Gasteiger partial charge in [0.05, 0.1) is 0 Å². The third-order valence-electron chi connectivity index (χ3n) is 5.71. The summed E-state index contributed by atoms with van der Waals surface area (Å²) in [6, 6.07) is 38.4. The van der Waals surface area contributed by atoms with Crippen molar-refractivity contribution in [2.75, 3.05) is 0 Å². The number of allylic oxidation sites excluding steroid dienone is 4. The molecule has 0 aromatic heterocycles. The number of hydrogen-bond acceptors (Lipinski definition) is 1. The lowest BCUT2D eigenvalue weighted by Gasteiger charge is -2.24. The first-order valence-electron chi connectivity index (χ1n) is 10.9. The van der Waals surface area contributed by atoms with Crippen LogP contribution < -0.4 is 20.7 Å². The molecule has 0 saturated heterocycles. The maximum atomic E-state index is 6.26. The summed E-state index contributed by atoms with van der Waals surface area (Å²) >= 11 is 0. The number of ether oxygens (including phenoxy) is 1. The van der Waals surface area contributed by atoms with Crippen molar-refractivity contribution in [1.82, 2.24) is 0 Å². The van der Waals surface area contributed by atoms with Gasteiger partial charge >= 0.3 is 0 Å². The highest BCUT2D eigenvalue weighted by atomic mass is 31.1. The first kappa shape index (κ1) is 20.5. The van der Waals surface area contributed by atoms with E-state index in [0.29, 0.717) is 0 Å². The molecular weight excluding hydrogens is 407 g/mol. The fourth-order valence-electron chi connectivity index (χ4n) is 4.16. The second-order valence-electron chi connectivity index (χ2n) is 7.87. The van der Waals surface area contributed by atoms with E-state index in [4.69, 9.17) is 4.74 Å². The maximum absolute atomic E-state index is 6.26. The van der Waals surface area contributed by atoms with Gasteiger partial charge in [-0.25, -0.2) is 0 Å². The Morgan fingerprint density at radius 3 is 1.81 bits per heavy atom. The molecule has 4 aromatic rings. The van der Waals surface area contributed by atoms with Gasteiger partial charge in [0.1, 0.15) is 11.5 Å². The number of rotatable bonds is 6. The van der Waals surface area contributed by atoms with Crippen molar-refractivity contribution in [3.8, 4) is 11.5 Å². The maximum Gasteiger partial charge on any atom is 0.128 e. The molecule has 0 saturated carbocycles. The molecule has 0 fully saturated rings. The molecule has 5 rings (SSSR count). The molecular formula is C30H25OP. The Hall–Kier alpha value is -3.41. The Bertz CT molecular complexity index is 1220. The van der Waals surface area contributed by atoms with Gasteiger partial charge in [0.15, 0.2) is 0 Å². The lowest BCUT2D eigenvalue weighted by molar-refractivity contribution is 0.483. The zero-order valence-electron chi connectivity index (χ0n) is 18.1. The molecule has 1 aliphatic carbocycles. The van der Waals surface area contributed by atoms with Gasteiger partial charge in [-0.05, 0) is 78.2 Å². The standard InChI is InChI=1S/C30H25OP/c1-23-12-11-19-28(23)29-21-20-25(31-24-13-5-2-6-14-24)22-30(29)32(26-15-7-3-8-16-26)27-17-9-4-10-18-27/h2-18,20-22H,19H2,1H3. The zero-order chi connectivity index (χ0) is 21.8. The molecule has 4 aromatic carbocycles. The van der Waals surface area contributed by atoms with Crippen LogP contribution in [0, 0.1) is 0 Å². The summed E-state index contributed by atoms with van der Waals surface area (Å²) in [5.74, 6) is 1.73. The van der Waals surface area contributed by atoms with Crippen LogP contribution in [0.25, 0.3) is 5.57 Å². The predicted molar refractivity (Wildman–Crippen MR) is 138 cm³/mol. The van der Waals surface area contributed by atoms with Gasteiger partial charge in [-0.1, -0.05) is 97.1 Å². The minimum atomic E-state index is -0.735. The molecule has 156 valence electrons. The van der Waals surface area contributed by atoms with Crippen molar-refractivity contribution in [2.45, 2.75) is 13.3 Å². The topological polar surface area (TPSA) is 9.23 Å². The predicted octanol–water partition coefficient (Wildman–Crippen LogP) is 6.97. The highest BCUT2D eigenvalue weighted by Crippen LogP contribution is 2.40. The third kappa shape index (κ3) is 4.31. The van der Waals surface area contributed by atoms with Crippen LogP contribution in [-0.2, 0) is 0 Å². The second-order valence-corrected chi connectivity index (χ2v) is 10.1. The van der Waals surface area contributed by atoms with Crippen molar-refractivity contribution >= 4 is 29.4 Å². The lowest BCUT2D eigenvalue weighted by Crippen LogP contribution is -2.23. The van der Waals surface area contributed by atoms with Gasteiger partial charge in [-0.2, -0.15) is 0 Å². The van der Waals surface area contributed by atoms with Crippen LogP contribution >= 0.6 is 7.92 Å². The molecule has 0 atom stereocenters. The van der Waals surface area contributed by atoms with Crippen LogP contribution in [0.15, 0.2) is 127 Å². The van der Waals surface area contributed by atoms with Crippen LogP contribution in [-0.4, -0.2) is 0 Å². The van der Waals surface area contributed by atoms with Gasteiger partial charge in [-0.3, -0.25) is 0 Å². The second kappa shape index (κ2) is 9.39.